The molecule has 11 aromatic rings. The predicted octanol–water partition coefficient (Wildman–Crippen LogP) is 13.7. The van der Waals surface area contributed by atoms with Crippen molar-refractivity contribution >= 4 is 75.1 Å². The molecular weight excluding hydrogens is 653 g/mol. The molecule has 52 heavy (non-hydrogen) atoms. The Labute approximate surface area is 303 Å². The second kappa shape index (κ2) is 11.5. The maximum absolute atomic E-state index is 6.82. The number of hydrogen-bond donors (Lipinski definition) is 0. The van der Waals surface area contributed by atoms with E-state index in [0.717, 1.165) is 65.5 Å². The predicted molar refractivity (Wildman–Crippen MR) is 219 cm³/mol. The minimum Gasteiger partial charge on any atom is -0.455 e. The highest BCUT2D eigenvalue weighted by Gasteiger charge is 2.22. The van der Waals surface area contributed by atoms with Gasteiger partial charge in [-0.05, 0) is 56.4 Å². The Morgan fingerprint density at radius 3 is 1.96 bits per heavy atom. The largest absolute Gasteiger partial charge is 0.455 e. The minimum absolute atomic E-state index is 0.688. The standard InChI is InChI=1S/C48H28N2OS/c1-2-12-29(13-3-1)30-24-26-31(27-25-30)44-47-45(37-18-8-9-23-42(37)52-47)50-48(49-44)39-21-11-22-41-43(39)38-20-10-19-36(46(38)51-41)40-28-32-14-4-5-15-33(32)34-16-6-7-17-35(34)40/h1-28H. The normalized spacial score (nSPS) is 11.8. The summed E-state index contributed by atoms with van der Waals surface area (Å²) in [5.74, 6) is 0.688. The number of aromatic nitrogens is 2. The number of rotatable bonds is 4. The van der Waals surface area contributed by atoms with E-state index >= 15 is 0 Å². The molecule has 8 aromatic carbocycles. The Bertz CT molecular complexity index is 3180. The van der Waals surface area contributed by atoms with Gasteiger partial charge in [-0.15, -0.1) is 11.3 Å². The quantitative estimate of drug-likeness (QED) is 0.174. The highest BCUT2D eigenvalue weighted by molar-refractivity contribution is 7.26. The van der Waals surface area contributed by atoms with Crippen LogP contribution in [0.4, 0.5) is 0 Å². The fourth-order valence-corrected chi connectivity index (χ4v) is 9.04. The molecule has 11 rings (SSSR count). The highest BCUT2D eigenvalue weighted by atomic mass is 32.1. The van der Waals surface area contributed by atoms with Gasteiger partial charge >= 0.3 is 0 Å². The molecule has 4 heteroatoms. The van der Waals surface area contributed by atoms with Crippen molar-refractivity contribution in [3.8, 4) is 44.9 Å². The highest BCUT2D eigenvalue weighted by Crippen LogP contribution is 2.45. The van der Waals surface area contributed by atoms with Crippen LogP contribution < -0.4 is 0 Å². The van der Waals surface area contributed by atoms with Crippen molar-refractivity contribution in [3.05, 3.63) is 170 Å². The van der Waals surface area contributed by atoms with Crippen LogP contribution in [0.1, 0.15) is 0 Å². The molecule has 0 saturated carbocycles. The van der Waals surface area contributed by atoms with Gasteiger partial charge < -0.3 is 4.42 Å². The van der Waals surface area contributed by atoms with Crippen LogP contribution in [0.5, 0.6) is 0 Å². The van der Waals surface area contributed by atoms with Crippen molar-refractivity contribution in [1.29, 1.82) is 0 Å². The van der Waals surface area contributed by atoms with E-state index in [1.54, 1.807) is 11.3 Å². The summed E-state index contributed by atoms with van der Waals surface area (Å²) < 4.78 is 9.11. The van der Waals surface area contributed by atoms with Gasteiger partial charge in [0, 0.05) is 37.5 Å². The van der Waals surface area contributed by atoms with Crippen LogP contribution in [0.15, 0.2) is 174 Å². The molecule has 0 saturated heterocycles. The second-order valence-corrected chi connectivity index (χ2v) is 14.3. The lowest BCUT2D eigenvalue weighted by molar-refractivity contribution is 0.670. The molecule has 0 aliphatic carbocycles. The average Bonchev–Trinajstić information content (AvgIpc) is 3.79. The van der Waals surface area contributed by atoms with Crippen molar-refractivity contribution < 1.29 is 4.42 Å². The summed E-state index contributed by atoms with van der Waals surface area (Å²) in [4.78, 5) is 10.7. The fraction of sp³-hybridized carbons (Fsp3) is 0. The summed E-state index contributed by atoms with van der Waals surface area (Å²) in [6, 6.07) is 60.1. The molecule has 3 heterocycles. The number of fused-ring (bicyclic) bond motifs is 9. The Hall–Kier alpha value is -6.62. The van der Waals surface area contributed by atoms with E-state index in [-0.39, 0.29) is 0 Å². The molecule has 0 bridgehead atoms. The van der Waals surface area contributed by atoms with Crippen LogP contribution in [0, 0.1) is 0 Å². The third-order valence-corrected chi connectivity index (χ3v) is 11.5. The summed E-state index contributed by atoms with van der Waals surface area (Å²) in [6.45, 7) is 0. The molecule has 0 aliphatic rings. The smallest absolute Gasteiger partial charge is 0.161 e. The van der Waals surface area contributed by atoms with Crippen LogP contribution >= 0.6 is 11.3 Å². The van der Waals surface area contributed by atoms with Gasteiger partial charge in [0.05, 0.1) is 15.9 Å². The van der Waals surface area contributed by atoms with Gasteiger partial charge in [-0.3, -0.25) is 0 Å². The molecule has 0 radical (unpaired) electrons. The minimum atomic E-state index is 0.688. The van der Waals surface area contributed by atoms with Crippen LogP contribution in [-0.2, 0) is 0 Å². The zero-order valence-electron chi connectivity index (χ0n) is 27.9. The molecule has 0 amide bonds. The molecule has 0 aliphatic heterocycles. The lowest BCUT2D eigenvalue weighted by Gasteiger charge is -2.11. The third kappa shape index (κ3) is 4.45. The Morgan fingerprint density at radius 2 is 1.10 bits per heavy atom. The van der Waals surface area contributed by atoms with Crippen LogP contribution in [-0.4, -0.2) is 9.97 Å². The molecule has 0 atom stereocenters. The van der Waals surface area contributed by atoms with Gasteiger partial charge in [0.15, 0.2) is 5.82 Å². The summed E-state index contributed by atoms with van der Waals surface area (Å²) in [6.07, 6.45) is 0. The first-order chi connectivity index (χ1) is 25.8. The van der Waals surface area contributed by atoms with Crippen LogP contribution in [0.25, 0.3) is 109 Å². The van der Waals surface area contributed by atoms with Crippen molar-refractivity contribution in [2.24, 2.45) is 0 Å². The van der Waals surface area contributed by atoms with E-state index in [9.17, 15) is 0 Å². The topological polar surface area (TPSA) is 38.9 Å². The maximum Gasteiger partial charge on any atom is 0.161 e. The molecule has 3 nitrogen and oxygen atoms in total. The molecule has 0 unspecified atom stereocenters. The van der Waals surface area contributed by atoms with Gasteiger partial charge in [-0.2, -0.15) is 0 Å². The van der Waals surface area contributed by atoms with Crippen molar-refractivity contribution in [1.82, 2.24) is 9.97 Å². The van der Waals surface area contributed by atoms with Gasteiger partial charge in [-0.25, -0.2) is 9.97 Å². The number of hydrogen-bond acceptors (Lipinski definition) is 4. The SMILES string of the molecule is c1ccc(-c2ccc(-c3nc(-c4cccc5oc6c(-c7cc8ccccc8c8ccccc78)cccc6c45)nc4c3sc3ccccc34)cc2)cc1. The van der Waals surface area contributed by atoms with E-state index in [2.05, 4.69) is 170 Å². The Morgan fingerprint density at radius 1 is 0.442 bits per heavy atom. The monoisotopic (exact) mass is 680 g/mol. The van der Waals surface area contributed by atoms with Gasteiger partial charge in [0.2, 0.25) is 0 Å². The van der Waals surface area contributed by atoms with E-state index < -0.39 is 0 Å². The maximum atomic E-state index is 6.82. The summed E-state index contributed by atoms with van der Waals surface area (Å²) in [5.41, 5.74) is 10.2. The first kappa shape index (κ1) is 29.1. The van der Waals surface area contributed by atoms with Crippen LogP contribution in [0.3, 0.4) is 0 Å². The lowest BCUT2D eigenvalue weighted by Crippen LogP contribution is -1.94. The summed E-state index contributed by atoms with van der Waals surface area (Å²) in [7, 11) is 0. The fourth-order valence-electron chi connectivity index (χ4n) is 7.88. The van der Waals surface area contributed by atoms with Crippen molar-refractivity contribution in [2.75, 3.05) is 0 Å². The zero-order valence-corrected chi connectivity index (χ0v) is 28.7. The van der Waals surface area contributed by atoms with Gasteiger partial charge in [0.1, 0.15) is 11.2 Å². The van der Waals surface area contributed by atoms with Crippen molar-refractivity contribution in [2.45, 2.75) is 0 Å². The van der Waals surface area contributed by atoms with Gasteiger partial charge in [0.25, 0.3) is 0 Å². The summed E-state index contributed by atoms with van der Waals surface area (Å²) in [5, 5.41) is 8.11. The number of furan rings is 1. The molecule has 242 valence electrons. The Balaban J connectivity index is 1.15. The second-order valence-electron chi connectivity index (χ2n) is 13.3. The van der Waals surface area contributed by atoms with Gasteiger partial charge in [-0.1, -0.05) is 152 Å². The first-order valence-corrected chi connectivity index (χ1v) is 18.3. The van der Waals surface area contributed by atoms with E-state index in [4.69, 9.17) is 14.4 Å². The number of thiophene rings is 1. The average molecular weight is 681 g/mol. The van der Waals surface area contributed by atoms with E-state index in [1.165, 1.54) is 37.4 Å². The zero-order chi connectivity index (χ0) is 34.2. The molecule has 0 N–H and O–H groups in total. The molecule has 3 aromatic heterocycles. The van der Waals surface area contributed by atoms with E-state index in [0.29, 0.717) is 5.82 Å². The summed E-state index contributed by atoms with van der Waals surface area (Å²) >= 11 is 1.75. The lowest BCUT2D eigenvalue weighted by atomic mass is 9.92. The first-order valence-electron chi connectivity index (χ1n) is 17.5. The molecule has 0 spiro atoms. The molecule has 0 fully saturated rings. The number of nitrogens with zero attached hydrogens (tertiary/aromatic N) is 2. The van der Waals surface area contributed by atoms with Crippen molar-refractivity contribution in [3.63, 3.8) is 0 Å². The third-order valence-electron chi connectivity index (χ3n) is 10.3. The van der Waals surface area contributed by atoms with E-state index in [1.807, 2.05) is 0 Å². The number of para-hydroxylation sites is 1. The number of benzene rings is 8. The van der Waals surface area contributed by atoms with Crippen LogP contribution in [0.2, 0.25) is 0 Å². The Kier molecular flexibility index (Phi) is 6.42. The molecular formula is C48H28N2OS.